The van der Waals surface area contributed by atoms with Crippen LogP contribution in [-0.2, 0) is 6.42 Å². The van der Waals surface area contributed by atoms with Crippen molar-refractivity contribution in [1.29, 1.82) is 0 Å². The summed E-state index contributed by atoms with van der Waals surface area (Å²) < 4.78 is 0. The topological polar surface area (TPSA) is 46.1 Å². The van der Waals surface area contributed by atoms with E-state index in [9.17, 15) is 4.79 Å². The SMILES string of the molecule is CN1CCc2ncncc2C1=O. The summed E-state index contributed by atoms with van der Waals surface area (Å²) >= 11 is 0. The van der Waals surface area contributed by atoms with Gasteiger partial charge in [0.05, 0.1) is 11.3 Å². The number of likely N-dealkylation sites (N-methyl/N-ethyl adjacent to an activating group) is 1. The van der Waals surface area contributed by atoms with Gasteiger partial charge in [0, 0.05) is 26.2 Å². The van der Waals surface area contributed by atoms with Crippen LogP contribution < -0.4 is 0 Å². The second-order valence-electron chi connectivity index (χ2n) is 2.86. The molecule has 1 aromatic heterocycles. The minimum absolute atomic E-state index is 0.0249. The molecular weight excluding hydrogens is 154 g/mol. The number of aromatic nitrogens is 2. The summed E-state index contributed by atoms with van der Waals surface area (Å²) in [5.74, 6) is 0.0249. The maximum Gasteiger partial charge on any atom is 0.257 e. The second-order valence-corrected chi connectivity index (χ2v) is 2.86. The quantitative estimate of drug-likeness (QED) is 0.545. The minimum Gasteiger partial charge on any atom is -0.341 e. The van der Waals surface area contributed by atoms with Gasteiger partial charge in [-0.25, -0.2) is 9.97 Å². The van der Waals surface area contributed by atoms with Gasteiger partial charge in [0.15, 0.2) is 0 Å². The number of hydrogen-bond donors (Lipinski definition) is 0. The lowest BCUT2D eigenvalue weighted by Gasteiger charge is -2.22. The zero-order chi connectivity index (χ0) is 8.55. The molecule has 0 saturated carbocycles. The van der Waals surface area contributed by atoms with Crippen LogP contribution in [0, 0.1) is 0 Å². The molecule has 0 bridgehead atoms. The van der Waals surface area contributed by atoms with Gasteiger partial charge >= 0.3 is 0 Å². The van der Waals surface area contributed by atoms with Crippen LogP contribution in [0.5, 0.6) is 0 Å². The number of nitrogens with zero attached hydrogens (tertiary/aromatic N) is 3. The lowest BCUT2D eigenvalue weighted by atomic mass is 10.1. The van der Waals surface area contributed by atoms with E-state index in [0.717, 1.165) is 18.7 Å². The molecule has 12 heavy (non-hydrogen) atoms. The van der Waals surface area contributed by atoms with Crippen LogP contribution >= 0.6 is 0 Å². The monoisotopic (exact) mass is 163 g/mol. The van der Waals surface area contributed by atoms with Gasteiger partial charge in [0.2, 0.25) is 0 Å². The van der Waals surface area contributed by atoms with E-state index >= 15 is 0 Å². The Morgan fingerprint density at radius 1 is 1.58 bits per heavy atom. The lowest BCUT2D eigenvalue weighted by Crippen LogP contribution is -2.34. The molecule has 0 N–H and O–H groups in total. The number of carbonyl (C=O) groups excluding carboxylic acids is 1. The molecule has 0 aliphatic carbocycles. The molecule has 0 spiro atoms. The van der Waals surface area contributed by atoms with Gasteiger partial charge in [-0.1, -0.05) is 0 Å². The third-order valence-electron chi connectivity index (χ3n) is 2.06. The average Bonchev–Trinajstić information content (AvgIpc) is 2.12. The van der Waals surface area contributed by atoms with Crippen LogP contribution in [0.3, 0.4) is 0 Å². The minimum atomic E-state index is 0.0249. The Morgan fingerprint density at radius 2 is 2.42 bits per heavy atom. The van der Waals surface area contributed by atoms with Gasteiger partial charge in [-0.15, -0.1) is 0 Å². The van der Waals surface area contributed by atoms with E-state index in [1.54, 1.807) is 18.1 Å². The molecule has 1 amide bonds. The van der Waals surface area contributed by atoms with Gasteiger partial charge < -0.3 is 4.90 Å². The van der Waals surface area contributed by atoms with E-state index in [1.807, 2.05) is 0 Å². The fourth-order valence-corrected chi connectivity index (χ4v) is 1.31. The molecule has 2 rings (SSSR count). The summed E-state index contributed by atoms with van der Waals surface area (Å²) in [5, 5.41) is 0. The van der Waals surface area contributed by atoms with Crippen molar-refractivity contribution in [2.45, 2.75) is 6.42 Å². The highest BCUT2D eigenvalue weighted by Crippen LogP contribution is 2.13. The van der Waals surface area contributed by atoms with Gasteiger partial charge in [-0.05, 0) is 0 Å². The van der Waals surface area contributed by atoms with Crippen molar-refractivity contribution in [1.82, 2.24) is 14.9 Å². The van der Waals surface area contributed by atoms with Crippen LogP contribution in [0.1, 0.15) is 16.1 Å². The third kappa shape index (κ3) is 0.958. The summed E-state index contributed by atoms with van der Waals surface area (Å²) in [7, 11) is 1.79. The van der Waals surface area contributed by atoms with Crippen LogP contribution in [-0.4, -0.2) is 34.4 Å². The van der Waals surface area contributed by atoms with Crippen molar-refractivity contribution in [3.63, 3.8) is 0 Å². The van der Waals surface area contributed by atoms with Crippen LogP contribution in [0.2, 0.25) is 0 Å². The summed E-state index contributed by atoms with van der Waals surface area (Å²) in [6.07, 6.45) is 3.90. The zero-order valence-corrected chi connectivity index (χ0v) is 6.82. The van der Waals surface area contributed by atoms with Gasteiger partial charge in [0.25, 0.3) is 5.91 Å². The summed E-state index contributed by atoms with van der Waals surface area (Å²) in [6, 6.07) is 0. The molecule has 4 heteroatoms. The van der Waals surface area contributed by atoms with Crippen LogP contribution in [0.15, 0.2) is 12.5 Å². The predicted octanol–water partition coefficient (Wildman–Crippen LogP) is 0.105. The van der Waals surface area contributed by atoms with E-state index in [2.05, 4.69) is 9.97 Å². The molecule has 0 atom stereocenters. The molecule has 0 unspecified atom stereocenters. The first-order chi connectivity index (χ1) is 5.79. The zero-order valence-electron chi connectivity index (χ0n) is 6.82. The van der Waals surface area contributed by atoms with Crippen molar-refractivity contribution in [3.05, 3.63) is 23.8 Å². The molecule has 2 heterocycles. The molecule has 4 nitrogen and oxygen atoms in total. The second kappa shape index (κ2) is 2.55. The fourth-order valence-electron chi connectivity index (χ4n) is 1.31. The molecule has 1 aliphatic rings. The summed E-state index contributed by atoms with van der Waals surface area (Å²) in [6.45, 7) is 0.753. The molecule has 62 valence electrons. The molecular formula is C8H9N3O. The highest BCUT2D eigenvalue weighted by Gasteiger charge is 2.21. The Labute approximate surface area is 70.2 Å². The molecule has 0 radical (unpaired) electrons. The molecule has 1 aromatic rings. The van der Waals surface area contributed by atoms with E-state index < -0.39 is 0 Å². The van der Waals surface area contributed by atoms with Crippen molar-refractivity contribution >= 4 is 5.91 Å². The normalized spacial score (nSPS) is 16.1. The largest absolute Gasteiger partial charge is 0.341 e. The number of fused-ring (bicyclic) bond motifs is 1. The van der Waals surface area contributed by atoms with E-state index in [4.69, 9.17) is 0 Å². The van der Waals surface area contributed by atoms with Crippen LogP contribution in [0.25, 0.3) is 0 Å². The van der Waals surface area contributed by atoms with E-state index in [0.29, 0.717) is 5.56 Å². The molecule has 0 saturated heterocycles. The Hall–Kier alpha value is -1.45. The maximum atomic E-state index is 11.5. The molecule has 0 fully saturated rings. The van der Waals surface area contributed by atoms with Crippen molar-refractivity contribution in [2.75, 3.05) is 13.6 Å². The predicted molar refractivity (Wildman–Crippen MR) is 42.7 cm³/mol. The lowest BCUT2D eigenvalue weighted by molar-refractivity contribution is 0.0778. The highest BCUT2D eigenvalue weighted by atomic mass is 16.2. The Bertz CT molecular complexity index is 324. The summed E-state index contributed by atoms with van der Waals surface area (Å²) in [5.41, 5.74) is 1.51. The first-order valence-electron chi connectivity index (χ1n) is 3.83. The standard InChI is InChI=1S/C8H9N3O/c1-11-3-2-7-6(8(11)12)4-9-5-10-7/h4-5H,2-3H2,1H3. The third-order valence-corrected chi connectivity index (χ3v) is 2.06. The van der Waals surface area contributed by atoms with Gasteiger partial charge in [-0.3, -0.25) is 4.79 Å². The number of hydrogen-bond acceptors (Lipinski definition) is 3. The number of carbonyl (C=O) groups is 1. The highest BCUT2D eigenvalue weighted by molar-refractivity contribution is 5.95. The maximum absolute atomic E-state index is 11.5. The first-order valence-corrected chi connectivity index (χ1v) is 3.83. The van der Waals surface area contributed by atoms with E-state index in [-0.39, 0.29) is 5.91 Å². The Balaban J connectivity index is 2.49. The Kier molecular flexibility index (Phi) is 1.53. The van der Waals surface area contributed by atoms with Crippen molar-refractivity contribution in [3.8, 4) is 0 Å². The fraction of sp³-hybridized carbons (Fsp3) is 0.375. The average molecular weight is 163 g/mol. The van der Waals surface area contributed by atoms with Crippen LogP contribution in [0.4, 0.5) is 0 Å². The van der Waals surface area contributed by atoms with Gasteiger partial charge in [-0.2, -0.15) is 0 Å². The number of amides is 1. The molecule has 1 aliphatic heterocycles. The smallest absolute Gasteiger partial charge is 0.257 e. The molecule has 0 aromatic carbocycles. The first kappa shape index (κ1) is 7.21. The van der Waals surface area contributed by atoms with Crippen molar-refractivity contribution in [2.24, 2.45) is 0 Å². The Morgan fingerprint density at radius 3 is 3.25 bits per heavy atom. The summed E-state index contributed by atoms with van der Waals surface area (Å²) in [4.78, 5) is 21.0. The van der Waals surface area contributed by atoms with Crippen molar-refractivity contribution < 1.29 is 4.79 Å². The van der Waals surface area contributed by atoms with E-state index in [1.165, 1.54) is 6.33 Å². The van der Waals surface area contributed by atoms with Gasteiger partial charge in [0.1, 0.15) is 6.33 Å². The number of rotatable bonds is 0.